The number of nitrogens with zero attached hydrogens (tertiary/aromatic N) is 3. The smallest absolute Gasteiger partial charge is 0.264 e. The minimum Gasteiger partial charge on any atom is -0.368 e. The molecule has 0 aliphatic carbocycles. The van der Waals surface area contributed by atoms with Gasteiger partial charge in [-0.05, 0) is 51.4 Å². The van der Waals surface area contributed by atoms with Crippen LogP contribution >= 0.6 is 0 Å². The molecule has 1 saturated heterocycles. The lowest BCUT2D eigenvalue weighted by Gasteiger charge is -2.36. The lowest BCUT2D eigenvalue weighted by Crippen LogP contribution is -2.49. The average molecular weight is 418 g/mol. The van der Waals surface area contributed by atoms with Gasteiger partial charge in [0, 0.05) is 31.9 Å². The summed E-state index contributed by atoms with van der Waals surface area (Å²) in [5.41, 5.74) is 2.27. The van der Waals surface area contributed by atoms with Gasteiger partial charge in [0.2, 0.25) is 0 Å². The molecular weight excluding hydrogens is 394 g/mol. The number of carbonyl (C=O) groups is 1. The summed E-state index contributed by atoms with van der Waals surface area (Å²) in [6, 6.07) is 30.8. The summed E-state index contributed by atoms with van der Waals surface area (Å²) in [6.45, 7) is 2.71. The molecule has 4 aromatic carbocycles. The first kappa shape index (κ1) is 19.8. The fourth-order valence-electron chi connectivity index (χ4n) is 4.47. The van der Waals surface area contributed by atoms with Gasteiger partial charge in [0.1, 0.15) is 11.6 Å². The van der Waals surface area contributed by atoms with Crippen LogP contribution in [0.5, 0.6) is 0 Å². The SMILES string of the molecule is N#C/C(=C\c1c2ccccc2cc2ccccc12)C(=O)N1CCN(c2ccccc2)CC1. The van der Waals surface area contributed by atoms with Gasteiger partial charge in [0.25, 0.3) is 5.91 Å². The molecule has 5 rings (SSSR count). The van der Waals surface area contributed by atoms with Crippen LogP contribution in [0.25, 0.3) is 27.6 Å². The normalized spacial score (nSPS) is 14.5. The summed E-state index contributed by atoms with van der Waals surface area (Å²) in [7, 11) is 0. The number of hydrogen-bond acceptors (Lipinski definition) is 3. The number of anilines is 1. The van der Waals surface area contributed by atoms with E-state index in [1.165, 1.54) is 0 Å². The van der Waals surface area contributed by atoms with Crippen LogP contribution in [0.1, 0.15) is 5.56 Å². The molecule has 0 aromatic heterocycles. The van der Waals surface area contributed by atoms with Crippen molar-refractivity contribution < 1.29 is 4.79 Å². The number of fused-ring (bicyclic) bond motifs is 2. The molecule has 0 saturated carbocycles. The number of nitriles is 1. The highest BCUT2D eigenvalue weighted by Gasteiger charge is 2.24. The Morgan fingerprint density at radius 3 is 1.94 bits per heavy atom. The van der Waals surface area contributed by atoms with Crippen molar-refractivity contribution in [1.82, 2.24) is 4.90 Å². The predicted octanol–water partition coefficient (Wildman–Crippen LogP) is 5.25. The van der Waals surface area contributed by atoms with Crippen LogP contribution in [0.15, 0.2) is 90.5 Å². The lowest BCUT2D eigenvalue weighted by molar-refractivity contribution is -0.126. The van der Waals surface area contributed by atoms with E-state index in [-0.39, 0.29) is 11.5 Å². The van der Waals surface area contributed by atoms with Crippen LogP contribution in [-0.4, -0.2) is 37.0 Å². The van der Waals surface area contributed by atoms with Gasteiger partial charge in [0.05, 0.1) is 0 Å². The molecule has 0 spiro atoms. The molecular formula is C28H23N3O. The Labute approximate surface area is 187 Å². The van der Waals surface area contributed by atoms with Crippen LogP contribution in [-0.2, 0) is 4.79 Å². The van der Waals surface area contributed by atoms with Crippen molar-refractivity contribution in [1.29, 1.82) is 5.26 Å². The van der Waals surface area contributed by atoms with E-state index in [0.29, 0.717) is 13.1 Å². The predicted molar refractivity (Wildman–Crippen MR) is 130 cm³/mol. The second-order valence-corrected chi connectivity index (χ2v) is 8.02. The number of para-hydroxylation sites is 1. The van der Waals surface area contributed by atoms with Gasteiger partial charge in [-0.2, -0.15) is 5.26 Å². The highest BCUT2D eigenvalue weighted by molar-refractivity contribution is 6.11. The molecule has 4 heteroatoms. The Balaban J connectivity index is 1.46. The second kappa shape index (κ2) is 8.56. The Hall–Kier alpha value is -4.10. The number of amides is 1. The quantitative estimate of drug-likeness (QED) is 0.260. The van der Waals surface area contributed by atoms with E-state index in [1.807, 2.05) is 54.6 Å². The van der Waals surface area contributed by atoms with Gasteiger partial charge in [-0.25, -0.2) is 0 Å². The summed E-state index contributed by atoms with van der Waals surface area (Å²) in [5.74, 6) is -0.197. The maximum atomic E-state index is 13.3. The maximum Gasteiger partial charge on any atom is 0.264 e. The number of carbonyl (C=O) groups excluding carboxylic acids is 1. The van der Waals surface area contributed by atoms with Crippen molar-refractivity contribution in [2.45, 2.75) is 0 Å². The van der Waals surface area contributed by atoms with Crippen molar-refractivity contribution in [3.05, 3.63) is 96.1 Å². The Bertz CT molecular complexity index is 1310. The van der Waals surface area contributed by atoms with Gasteiger partial charge in [-0.15, -0.1) is 0 Å². The van der Waals surface area contributed by atoms with Crippen molar-refractivity contribution in [3.8, 4) is 6.07 Å². The first-order chi connectivity index (χ1) is 15.7. The van der Waals surface area contributed by atoms with Crippen LogP contribution in [0.4, 0.5) is 5.69 Å². The van der Waals surface area contributed by atoms with Crippen LogP contribution in [0, 0.1) is 11.3 Å². The lowest BCUT2D eigenvalue weighted by atomic mass is 9.95. The van der Waals surface area contributed by atoms with E-state index in [1.54, 1.807) is 11.0 Å². The van der Waals surface area contributed by atoms with E-state index in [4.69, 9.17) is 0 Å². The van der Waals surface area contributed by atoms with Crippen molar-refractivity contribution in [3.63, 3.8) is 0 Å². The van der Waals surface area contributed by atoms with E-state index in [9.17, 15) is 10.1 Å². The number of piperazine rings is 1. The highest BCUT2D eigenvalue weighted by atomic mass is 16.2. The molecule has 0 unspecified atom stereocenters. The topological polar surface area (TPSA) is 47.3 Å². The first-order valence-electron chi connectivity index (χ1n) is 10.9. The van der Waals surface area contributed by atoms with Crippen molar-refractivity contribution in [2.24, 2.45) is 0 Å². The zero-order valence-electron chi connectivity index (χ0n) is 17.7. The number of hydrogen-bond donors (Lipinski definition) is 0. The van der Waals surface area contributed by atoms with Gasteiger partial charge >= 0.3 is 0 Å². The number of benzene rings is 4. The van der Waals surface area contributed by atoms with E-state index in [2.05, 4.69) is 41.3 Å². The molecule has 1 amide bonds. The fourth-order valence-corrected chi connectivity index (χ4v) is 4.47. The van der Waals surface area contributed by atoms with Gasteiger partial charge in [-0.3, -0.25) is 4.79 Å². The molecule has 1 fully saturated rings. The third kappa shape index (κ3) is 3.70. The third-order valence-electron chi connectivity index (χ3n) is 6.14. The standard InChI is InChI=1S/C28H23N3O/c29-20-23(28(32)31-16-14-30(15-17-31)24-10-2-1-3-11-24)19-27-25-12-6-4-8-21(25)18-22-9-5-7-13-26(22)27/h1-13,18-19H,14-17H2/b23-19+. The van der Waals surface area contributed by atoms with Crippen molar-refractivity contribution in [2.75, 3.05) is 31.1 Å². The maximum absolute atomic E-state index is 13.3. The van der Waals surface area contributed by atoms with Gasteiger partial charge in [0.15, 0.2) is 0 Å². The van der Waals surface area contributed by atoms with E-state index < -0.39 is 0 Å². The third-order valence-corrected chi connectivity index (χ3v) is 6.14. The summed E-state index contributed by atoms with van der Waals surface area (Å²) in [6.07, 6.45) is 1.77. The molecule has 32 heavy (non-hydrogen) atoms. The molecule has 1 aliphatic heterocycles. The summed E-state index contributed by atoms with van der Waals surface area (Å²) < 4.78 is 0. The van der Waals surface area contributed by atoms with E-state index in [0.717, 1.165) is 45.9 Å². The van der Waals surface area contributed by atoms with Gasteiger partial charge in [-0.1, -0.05) is 66.7 Å². The van der Waals surface area contributed by atoms with E-state index >= 15 is 0 Å². The monoisotopic (exact) mass is 417 g/mol. The molecule has 0 atom stereocenters. The minimum absolute atomic E-state index is 0.180. The molecule has 1 aliphatic rings. The highest BCUT2D eigenvalue weighted by Crippen LogP contribution is 2.30. The molecule has 0 radical (unpaired) electrons. The van der Waals surface area contributed by atoms with Crippen LogP contribution in [0.3, 0.4) is 0 Å². The summed E-state index contributed by atoms with van der Waals surface area (Å²) >= 11 is 0. The second-order valence-electron chi connectivity index (χ2n) is 8.02. The molecule has 0 N–H and O–H groups in total. The number of rotatable bonds is 3. The van der Waals surface area contributed by atoms with Crippen LogP contribution in [0.2, 0.25) is 0 Å². The fraction of sp³-hybridized carbons (Fsp3) is 0.143. The molecule has 4 aromatic rings. The molecule has 0 bridgehead atoms. The van der Waals surface area contributed by atoms with Crippen LogP contribution < -0.4 is 4.90 Å². The average Bonchev–Trinajstić information content (AvgIpc) is 2.87. The Kier molecular flexibility index (Phi) is 5.31. The first-order valence-corrected chi connectivity index (χ1v) is 10.9. The Morgan fingerprint density at radius 2 is 1.34 bits per heavy atom. The summed E-state index contributed by atoms with van der Waals surface area (Å²) in [4.78, 5) is 17.3. The van der Waals surface area contributed by atoms with Crippen molar-refractivity contribution >= 4 is 39.2 Å². The zero-order valence-corrected chi connectivity index (χ0v) is 17.7. The largest absolute Gasteiger partial charge is 0.368 e. The zero-order chi connectivity index (χ0) is 21.9. The molecule has 4 nitrogen and oxygen atoms in total. The Morgan fingerprint density at radius 1 is 0.781 bits per heavy atom. The van der Waals surface area contributed by atoms with Gasteiger partial charge < -0.3 is 9.80 Å². The summed E-state index contributed by atoms with van der Waals surface area (Å²) in [5, 5.41) is 14.2. The molecule has 1 heterocycles. The molecule has 156 valence electrons. The minimum atomic E-state index is -0.197.